The van der Waals surface area contributed by atoms with E-state index < -0.39 is 0 Å². The van der Waals surface area contributed by atoms with Gasteiger partial charge >= 0.3 is 0 Å². The minimum atomic E-state index is 1.26. The maximum atomic E-state index is 2.35. The van der Waals surface area contributed by atoms with Crippen LogP contribution >= 0.6 is 11.3 Å². The van der Waals surface area contributed by atoms with Gasteiger partial charge in [0.25, 0.3) is 0 Å². The maximum Gasteiger partial charge on any atom is 0.213 e. The van der Waals surface area contributed by atoms with Gasteiger partial charge in [0.05, 0.1) is 4.70 Å². The summed E-state index contributed by atoms with van der Waals surface area (Å²) in [5, 5.41) is 5.36. The molecule has 0 saturated heterocycles. The molecule has 0 fully saturated rings. The van der Waals surface area contributed by atoms with Gasteiger partial charge in [-0.25, -0.2) is 0 Å². The second-order valence-electron chi connectivity index (χ2n) is 6.63. The first-order chi connectivity index (χ1) is 12.2. The molecular weight excluding hydrogens is 322 g/mol. The first-order valence-electron chi connectivity index (χ1n) is 8.52. The van der Waals surface area contributed by atoms with Crippen molar-refractivity contribution < 1.29 is 4.57 Å². The van der Waals surface area contributed by atoms with Gasteiger partial charge in [0.1, 0.15) is 7.05 Å². The Bertz CT molecular complexity index is 1260. The lowest BCUT2D eigenvalue weighted by Gasteiger charge is -2.04. The molecule has 3 aromatic carbocycles. The fourth-order valence-electron chi connectivity index (χ4n) is 3.72. The molecule has 0 N–H and O–H groups in total. The van der Waals surface area contributed by atoms with Crippen LogP contribution in [0.5, 0.6) is 0 Å². The van der Waals surface area contributed by atoms with Crippen LogP contribution in [0.25, 0.3) is 42.2 Å². The van der Waals surface area contributed by atoms with Crippen LogP contribution in [0.2, 0.25) is 0 Å². The molecule has 0 aliphatic heterocycles. The van der Waals surface area contributed by atoms with Crippen LogP contribution in [0, 0.1) is 6.92 Å². The summed E-state index contributed by atoms with van der Waals surface area (Å²) in [7, 11) is 2.14. The zero-order chi connectivity index (χ0) is 17.0. The van der Waals surface area contributed by atoms with Gasteiger partial charge in [-0.1, -0.05) is 54.6 Å². The standard InChI is InChI=1S/C23H18NS/c1-15-7-3-5-9-17(15)21-13-20-19-12-11-16-8-4-6-10-18(16)23(19)25-22(20)14-24(21)2/h3-14H,1-2H3/q+1. The molecule has 2 heterocycles. The number of aromatic nitrogens is 1. The second kappa shape index (κ2) is 5.40. The molecule has 5 rings (SSSR count). The number of rotatable bonds is 1. The summed E-state index contributed by atoms with van der Waals surface area (Å²) >= 11 is 1.89. The predicted octanol–water partition coefficient (Wildman–Crippen LogP) is 6.01. The summed E-state index contributed by atoms with van der Waals surface area (Å²) in [6.07, 6.45) is 2.27. The highest BCUT2D eigenvalue weighted by molar-refractivity contribution is 7.26. The van der Waals surface area contributed by atoms with Crippen molar-refractivity contribution in [1.29, 1.82) is 0 Å². The Morgan fingerprint density at radius 1 is 0.800 bits per heavy atom. The van der Waals surface area contributed by atoms with Crippen molar-refractivity contribution in [1.82, 2.24) is 0 Å². The molecule has 0 bridgehead atoms. The molecule has 120 valence electrons. The molecule has 0 spiro atoms. The highest BCUT2D eigenvalue weighted by Gasteiger charge is 2.17. The summed E-state index contributed by atoms with van der Waals surface area (Å²) in [6.45, 7) is 2.18. The molecule has 1 nitrogen and oxygen atoms in total. The van der Waals surface area contributed by atoms with E-state index in [2.05, 4.69) is 91.5 Å². The maximum absolute atomic E-state index is 2.35. The highest BCUT2D eigenvalue weighted by Crippen LogP contribution is 2.39. The Hall–Kier alpha value is -2.71. The van der Waals surface area contributed by atoms with Gasteiger partial charge in [-0.15, -0.1) is 11.3 Å². The Kier molecular flexibility index (Phi) is 3.16. The minimum absolute atomic E-state index is 1.26. The van der Waals surface area contributed by atoms with Gasteiger partial charge in [0, 0.05) is 27.1 Å². The topological polar surface area (TPSA) is 3.88 Å². The summed E-state index contributed by atoms with van der Waals surface area (Å²) in [6, 6.07) is 24.1. The van der Waals surface area contributed by atoms with E-state index in [1.54, 1.807) is 0 Å². The summed E-state index contributed by atoms with van der Waals surface area (Å²) in [4.78, 5) is 0. The van der Waals surface area contributed by atoms with Crippen LogP contribution < -0.4 is 4.57 Å². The van der Waals surface area contributed by atoms with Crippen molar-refractivity contribution >= 4 is 42.3 Å². The van der Waals surface area contributed by atoms with Crippen LogP contribution in [0.1, 0.15) is 5.56 Å². The van der Waals surface area contributed by atoms with E-state index in [0.29, 0.717) is 0 Å². The van der Waals surface area contributed by atoms with Crippen molar-refractivity contribution in [2.45, 2.75) is 6.92 Å². The molecule has 0 atom stereocenters. The van der Waals surface area contributed by atoms with Gasteiger partial charge in [-0.2, -0.15) is 4.57 Å². The quantitative estimate of drug-likeness (QED) is 0.329. The lowest BCUT2D eigenvalue weighted by Crippen LogP contribution is -2.30. The lowest BCUT2D eigenvalue weighted by molar-refractivity contribution is -0.659. The van der Waals surface area contributed by atoms with E-state index in [0.717, 1.165) is 0 Å². The largest absolute Gasteiger partial charge is 0.213 e. The Morgan fingerprint density at radius 2 is 1.60 bits per heavy atom. The molecule has 0 aliphatic rings. The Balaban J connectivity index is 1.89. The van der Waals surface area contributed by atoms with Crippen molar-refractivity contribution in [3.05, 3.63) is 78.5 Å². The minimum Gasteiger partial charge on any atom is -0.200 e. The number of fused-ring (bicyclic) bond motifs is 5. The molecule has 0 radical (unpaired) electrons. The molecule has 25 heavy (non-hydrogen) atoms. The molecule has 0 aliphatic carbocycles. The highest BCUT2D eigenvalue weighted by atomic mass is 32.1. The Labute approximate surface area is 150 Å². The molecule has 0 saturated carbocycles. The number of pyridine rings is 1. The average Bonchev–Trinajstić information content (AvgIpc) is 2.99. The van der Waals surface area contributed by atoms with Gasteiger partial charge in [-0.05, 0) is 29.3 Å². The number of thiophene rings is 1. The van der Waals surface area contributed by atoms with E-state index in [1.165, 1.54) is 47.8 Å². The fourth-order valence-corrected chi connectivity index (χ4v) is 5.01. The normalized spacial score (nSPS) is 11.6. The smallest absolute Gasteiger partial charge is 0.200 e. The number of hydrogen-bond donors (Lipinski definition) is 0. The molecular formula is C23H18NS+. The molecule has 2 heteroatoms. The Morgan fingerprint density at radius 3 is 2.48 bits per heavy atom. The first-order valence-corrected chi connectivity index (χ1v) is 9.34. The molecule has 0 amide bonds. The van der Waals surface area contributed by atoms with Crippen LogP contribution in [-0.2, 0) is 7.05 Å². The van der Waals surface area contributed by atoms with E-state index in [-0.39, 0.29) is 0 Å². The number of benzene rings is 3. The zero-order valence-corrected chi connectivity index (χ0v) is 15.1. The van der Waals surface area contributed by atoms with Crippen LogP contribution in [0.4, 0.5) is 0 Å². The third-order valence-electron chi connectivity index (χ3n) is 5.04. The number of hydrogen-bond acceptors (Lipinski definition) is 1. The zero-order valence-electron chi connectivity index (χ0n) is 14.3. The first kappa shape index (κ1) is 14.6. The van der Waals surface area contributed by atoms with E-state index in [1.807, 2.05) is 11.3 Å². The van der Waals surface area contributed by atoms with E-state index >= 15 is 0 Å². The second-order valence-corrected chi connectivity index (χ2v) is 7.68. The van der Waals surface area contributed by atoms with Crippen molar-refractivity contribution in [3.63, 3.8) is 0 Å². The molecule has 5 aromatic rings. The van der Waals surface area contributed by atoms with Crippen LogP contribution in [0.15, 0.2) is 72.9 Å². The van der Waals surface area contributed by atoms with Crippen molar-refractivity contribution in [2.75, 3.05) is 0 Å². The number of aryl methyl sites for hydroxylation is 2. The van der Waals surface area contributed by atoms with Gasteiger partial charge in [-0.3, -0.25) is 0 Å². The lowest BCUT2D eigenvalue weighted by atomic mass is 10.0. The predicted molar refractivity (Wildman–Crippen MR) is 108 cm³/mol. The molecule has 0 unspecified atom stereocenters. The average molecular weight is 340 g/mol. The summed E-state index contributed by atoms with van der Waals surface area (Å²) < 4.78 is 4.98. The summed E-state index contributed by atoms with van der Waals surface area (Å²) in [5.41, 5.74) is 3.87. The van der Waals surface area contributed by atoms with Gasteiger partial charge in [0.15, 0.2) is 6.20 Å². The monoisotopic (exact) mass is 340 g/mol. The third kappa shape index (κ3) is 2.18. The van der Waals surface area contributed by atoms with Gasteiger partial charge < -0.3 is 0 Å². The van der Waals surface area contributed by atoms with Crippen LogP contribution in [0.3, 0.4) is 0 Å². The third-order valence-corrected chi connectivity index (χ3v) is 6.23. The van der Waals surface area contributed by atoms with E-state index in [9.17, 15) is 0 Å². The number of nitrogens with zero attached hydrogens (tertiary/aromatic N) is 1. The van der Waals surface area contributed by atoms with Crippen molar-refractivity contribution in [3.8, 4) is 11.3 Å². The SMILES string of the molecule is Cc1ccccc1-c1cc2c(c[n+]1C)sc1c3ccccc3ccc21. The van der Waals surface area contributed by atoms with Crippen molar-refractivity contribution in [2.24, 2.45) is 7.05 Å². The summed E-state index contributed by atoms with van der Waals surface area (Å²) in [5.74, 6) is 0. The van der Waals surface area contributed by atoms with Crippen LogP contribution in [-0.4, -0.2) is 0 Å². The fraction of sp³-hybridized carbons (Fsp3) is 0.0870. The van der Waals surface area contributed by atoms with E-state index in [4.69, 9.17) is 0 Å². The molecule has 2 aromatic heterocycles. The van der Waals surface area contributed by atoms with Gasteiger partial charge in [0.2, 0.25) is 5.69 Å².